The molecule has 0 bridgehead atoms. The molecule has 3 aromatic carbocycles. The summed E-state index contributed by atoms with van der Waals surface area (Å²) in [5, 5.41) is 12.1. The van der Waals surface area contributed by atoms with Gasteiger partial charge in [0, 0.05) is 34.3 Å². The molecular formula is C31H31Cl3N4O3. The first kappa shape index (κ1) is 30.4. The molecule has 2 amide bonds. The third kappa shape index (κ3) is 7.82. The Balaban J connectivity index is 1.42. The Hall–Kier alpha value is -3.52. The first-order valence-corrected chi connectivity index (χ1v) is 14.2. The zero-order chi connectivity index (χ0) is 29.7. The summed E-state index contributed by atoms with van der Waals surface area (Å²) in [6.07, 6.45) is 0.134. The van der Waals surface area contributed by atoms with Gasteiger partial charge in [0.1, 0.15) is 11.4 Å². The van der Waals surface area contributed by atoms with Crippen molar-refractivity contribution in [3.05, 3.63) is 98.6 Å². The molecule has 0 saturated carbocycles. The quantitative estimate of drug-likeness (QED) is 0.185. The Morgan fingerprint density at radius 1 is 0.878 bits per heavy atom. The van der Waals surface area contributed by atoms with E-state index in [1.54, 1.807) is 41.1 Å². The molecular weight excluding hydrogens is 583 g/mol. The Bertz CT molecular complexity index is 1550. The molecule has 0 aliphatic heterocycles. The second-order valence-electron chi connectivity index (χ2n) is 10.3. The molecule has 0 spiro atoms. The molecule has 4 rings (SSSR count). The molecule has 10 heteroatoms. The second-order valence-corrected chi connectivity index (χ2v) is 11.6. The van der Waals surface area contributed by atoms with Crippen molar-refractivity contribution >= 4 is 46.6 Å². The molecule has 2 N–H and O–H groups in total. The minimum atomic E-state index is -0.736. The maximum atomic E-state index is 13.2. The van der Waals surface area contributed by atoms with E-state index in [1.807, 2.05) is 58.0 Å². The lowest BCUT2D eigenvalue weighted by Gasteiger charge is -2.26. The lowest BCUT2D eigenvalue weighted by Crippen LogP contribution is -2.40. The molecule has 0 aliphatic carbocycles. The molecule has 0 saturated heterocycles. The van der Waals surface area contributed by atoms with Crippen molar-refractivity contribution in [1.82, 2.24) is 20.4 Å². The van der Waals surface area contributed by atoms with Gasteiger partial charge in [0.2, 0.25) is 5.91 Å². The number of carbonyl (C=O) groups is 2. The van der Waals surface area contributed by atoms with Crippen LogP contribution in [0.1, 0.15) is 41.9 Å². The van der Waals surface area contributed by atoms with Crippen LogP contribution in [0.15, 0.2) is 66.7 Å². The van der Waals surface area contributed by atoms with Gasteiger partial charge in [-0.15, -0.1) is 0 Å². The van der Waals surface area contributed by atoms with Crippen LogP contribution in [0.5, 0.6) is 5.75 Å². The number of aromatic nitrogens is 2. The molecule has 0 aliphatic rings. The summed E-state index contributed by atoms with van der Waals surface area (Å²) in [6.45, 7) is 7.93. The van der Waals surface area contributed by atoms with Gasteiger partial charge >= 0.3 is 0 Å². The molecule has 0 fully saturated rings. The number of nitrogens with zero attached hydrogens (tertiary/aromatic N) is 2. The van der Waals surface area contributed by atoms with Crippen molar-refractivity contribution in [3.63, 3.8) is 0 Å². The molecule has 0 radical (unpaired) electrons. The highest BCUT2D eigenvalue weighted by molar-refractivity contribution is 6.32. The van der Waals surface area contributed by atoms with Crippen LogP contribution in [0.4, 0.5) is 0 Å². The number of ether oxygens (including phenoxy) is 1. The van der Waals surface area contributed by atoms with Crippen molar-refractivity contribution in [2.45, 2.75) is 39.7 Å². The molecule has 41 heavy (non-hydrogen) atoms. The lowest BCUT2D eigenvalue weighted by molar-refractivity contribution is -0.124. The van der Waals surface area contributed by atoms with Crippen molar-refractivity contribution in [2.24, 2.45) is 0 Å². The normalized spacial score (nSPS) is 11.3. The number of nitrogens with one attached hydrogen (secondary N) is 2. The van der Waals surface area contributed by atoms with Crippen LogP contribution < -0.4 is 15.4 Å². The van der Waals surface area contributed by atoms with Crippen LogP contribution in [-0.4, -0.2) is 40.3 Å². The molecule has 7 nitrogen and oxygen atoms in total. The van der Waals surface area contributed by atoms with Crippen LogP contribution in [-0.2, 0) is 4.79 Å². The van der Waals surface area contributed by atoms with Gasteiger partial charge in [0.05, 0.1) is 22.8 Å². The van der Waals surface area contributed by atoms with Gasteiger partial charge in [-0.25, -0.2) is 4.68 Å². The number of hydrogen-bond acceptors (Lipinski definition) is 4. The van der Waals surface area contributed by atoms with Crippen LogP contribution in [0.3, 0.4) is 0 Å². The van der Waals surface area contributed by atoms with Crippen molar-refractivity contribution in [2.75, 3.05) is 13.1 Å². The molecule has 214 valence electrons. The fourth-order valence-corrected chi connectivity index (χ4v) is 4.95. The van der Waals surface area contributed by atoms with Gasteiger partial charge in [-0.05, 0) is 81.8 Å². The monoisotopic (exact) mass is 612 g/mol. The minimum absolute atomic E-state index is 0.134. The van der Waals surface area contributed by atoms with Gasteiger partial charge < -0.3 is 15.4 Å². The zero-order valence-electron chi connectivity index (χ0n) is 23.2. The topological polar surface area (TPSA) is 85.3 Å². The van der Waals surface area contributed by atoms with E-state index in [1.165, 1.54) is 0 Å². The van der Waals surface area contributed by atoms with Gasteiger partial charge in [-0.1, -0.05) is 53.0 Å². The molecule has 0 atom stereocenters. The Morgan fingerprint density at radius 3 is 2.12 bits per heavy atom. The average Bonchev–Trinajstić information content (AvgIpc) is 3.24. The highest BCUT2D eigenvalue weighted by atomic mass is 35.5. The number of benzene rings is 3. The fourth-order valence-electron chi connectivity index (χ4n) is 4.38. The summed E-state index contributed by atoms with van der Waals surface area (Å²) in [5.74, 6) is 0.0669. The zero-order valence-corrected chi connectivity index (χ0v) is 25.5. The van der Waals surface area contributed by atoms with Crippen LogP contribution in [0.25, 0.3) is 16.9 Å². The van der Waals surface area contributed by atoms with Crippen molar-refractivity contribution in [3.8, 4) is 22.7 Å². The Kier molecular flexibility index (Phi) is 9.64. The summed E-state index contributed by atoms with van der Waals surface area (Å²) in [4.78, 5) is 25.8. The fraction of sp³-hybridized carbons (Fsp3) is 0.258. The number of aryl methyl sites for hydroxylation is 1. The van der Waals surface area contributed by atoms with Crippen LogP contribution in [0.2, 0.25) is 15.1 Å². The molecule has 1 aromatic heterocycles. The maximum Gasteiger partial charge on any atom is 0.272 e. The lowest BCUT2D eigenvalue weighted by atomic mass is 10.0. The summed E-state index contributed by atoms with van der Waals surface area (Å²) in [6, 6.07) is 20.0. The van der Waals surface area contributed by atoms with Crippen molar-refractivity contribution in [1.29, 1.82) is 0 Å². The van der Waals surface area contributed by atoms with Gasteiger partial charge in [-0.3, -0.25) is 9.59 Å². The predicted octanol–water partition coefficient (Wildman–Crippen LogP) is 7.21. The number of halogens is 3. The highest BCUT2D eigenvalue weighted by Gasteiger charge is 2.25. The maximum absolute atomic E-state index is 13.2. The summed E-state index contributed by atoms with van der Waals surface area (Å²) in [5.41, 5.74) is 3.44. The second kappa shape index (κ2) is 13.0. The number of amides is 2. The number of carbonyl (C=O) groups excluding carboxylic acids is 2. The van der Waals surface area contributed by atoms with E-state index in [4.69, 9.17) is 39.5 Å². The van der Waals surface area contributed by atoms with Gasteiger partial charge in [-0.2, -0.15) is 5.10 Å². The molecule has 4 aromatic rings. The van der Waals surface area contributed by atoms with Crippen LogP contribution >= 0.6 is 34.8 Å². The van der Waals surface area contributed by atoms with E-state index in [0.717, 1.165) is 16.8 Å². The first-order chi connectivity index (χ1) is 19.4. The summed E-state index contributed by atoms with van der Waals surface area (Å²) < 4.78 is 7.61. The number of rotatable bonds is 10. The summed E-state index contributed by atoms with van der Waals surface area (Å²) in [7, 11) is 0. The average molecular weight is 614 g/mol. The van der Waals surface area contributed by atoms with E-state index < -0.39 is 5.60 Å². The van der Waals surface area contributed by atoms with E-state index in [-0.39, 0.29) is 37.0 Å². The van der Waals surface area contributed by atoms with Crippen LogP contribution in [0, 0.1) is 13.8 Å². The molecule has 0 unspecified atom stereocenters. The van der Waals surface area contributed by atoms with E-state index in [0.29, 0.717) is 32.1 Å². The Morgan fingerprint density at radius 2 is 1.49 bits per heavy atom. The minimum Gasteiger partial charge on any atom is -0.487 e. The third-order valence-corrected chi connectivity index (χ3v) is 7.12. The summed E-state index contributed by atoms with van der Waals surface area (Å²) >= 11 is 18.6. The van der Waals surface area contributed by atoms with E-state index in [9.17, 15) is 9.59 Å². The first-order valence-electron chi connectivity index (χ1n) is 13.0. The molecule has 1 heterocycles. The smallest absolute Gasteiger partial charge is 0.272 e. The van der Waals surface area contributed by atoms with Crippen molar-refractivity contribution < 1.29 is 14.3 Å². The largest absolute Gasteiger partial charge is 0.487 e. The van der Waals surface area contributed by atoms with Gasteiger partial charge in [0.15, 0.2) is 5.69 Å². The van der Waals surface area contributed by atoms with Gasteiger partial charge in [0.25, 0.3) is 5.91 Å². The third-order valence-electron chi connectivity index (χ3n) is 6.31. The van der Waals surface area contributed by atoms with E-state index >= 15 is 0 Å². The SMILES string of the molecule is Cc1ccc(-n2nc(C(=O)NCCNC(=O)CC(C)(C)Oc3ccc(Cl)cc3)c(C)c2-c2ccc(Cl)cc2)c(Cl)c1. The van der Waals surface area contributed by atoms with E-state index in [2.05, 4.69) is 15.7 Å². The standard InChI is InChI=1S/C31H31Cl3N4O3/c1-19-5-14-26(25(34)17-19)38-29(21-6-8-22(32)9-7-21)20(2)28(37-38)30(40)36-16-15-35-27(39)18-31(3,4)41-24-12-10-23(33)11-13-24/h5-14,17H,15-16,18H2,1-4H3,(H,35,39)(H,36,40). The number of hydrogen-bond donors (Lipinski definition) is 2. The predicted molar refractivity (Wildman–Crippen MR) is 165 cm³/mol. The highest BCUT2D eigenvalue weighted by Crippen LogP contribution is 2.32. The Labute approximate surface area is 254 Å².